The first-order valence-electron chi connectivity index (χ1n) is 4.76. The van der Waals surface area contributed by atoms with Crippen LogP contribution in [0.25, 0.3) is 0 Å². The number of hydrogen-bond donors (Lipinski definition) is 1. The second-order valence-corrected chi connectivity index (χ2v) is 3.58. The van der Waals surface area contributed by atoms with Crippen molar-refractivity contribution in [2.24, 2.45) is 10.9 Å². The van der Waals surface area contributed by atoms with Gasteiger partial charge >= 0.3 is 0 Å². The molecule has 0 spiro atoms. The molecule has 0 fully saturated rings. The van der Waals surface area contributed by atoms with Crippen molar-refractivity contribution in [1.82, 2.24) is 0 Å². The number of nitrogens with two attached hydrogens (primary N) is 1. The average molecular weight is 204 g/mol. The van der Waals surface area contributed by atoms with Gasteiger partial charge < -0.3 is 10.6 Å². The molecular weight excluding hydrogens is 192 g/mol. The molecule has 15 heavy (non-hydrogen) atoms. The summed E-state index contributed by atoms with van der Waals surface area (Å²) in [4.78, 5) is 16.4. The molecule has 1 aliphatic rings. The molecule has 1 amide bonds. The topological polar surface area (TPSA) is 64.7 Å². The summed E-state index contributed by atoms with van der Waals surface area (Å²) < 4.78 is 0. The van der Waals surface area contributed by atoms with E-state index in [0.29, 0.717) is 12.0 Å². The third kappa shape index (κ3) is 1.83. The molecule has 0 bridgehead atoms. The molecule has 4 nitrogen and oxygen atoms in total. The van der Waals surface area contributed by atoms with Gasteiger partial charge in [0.1, 0.15) is 0 Å². The first-order valence-corrected chi connectivity index (χ1v) is 4.76. The Morgan fingerprint density at radius 2 is 2.27 bits per heavy atom. The number of rotatable bonds is 2. The summed E-state index contributed by atoms with van der Waals surface area (Å²) in [7, 11) is 0. The SMILES string of the molecule is CC1=NOC(c2ccccc2C(N)=O)C1. The maximum Gasteiger partial charge on any atom is 0.249 e. The normalized spacial score (nSPS) is 19.5. The van der Waals surface area contributed by atoms with E-state index in [1.165, 1.54) is 0 Å². The minimum Gasteiger partial charge on any atom is -0.387 e. The van der Waals surface area contributed by atoms with E-state index in [2.05, 4.69) is 5.16 Å². The first-order chi connectivity index (χ1) is 7.18. The Balaban J connectivity index is 2.32. The van der Waals surface area contributed by atoms with Gasteiger partial charge in [-0.25, -0.2) is 0 Å². The maximum atomic E-state index is 11.2. The molecule has 1 aromatic carbocycles. The molecular formula is C11H12N2O2. The van der Waals surface area contributed by atoms with Gasteiger partial charge in [-0.15, -0.1) is 0 Å². The maximum absolute atomic E-state index is 11.2. The van der Waals surface area contributed by atoms with Crippen molar-refractivity contribution in [2.75, 3.05) is 0 Å². The summed E-state index contributed by atoms with van der Waals surface area (Å²) in [6, 6.07) is 7.19. The first kappa shape index (κ1) is 9.71. The van der Waals surface area contributed by atoms with Crippen LogP contribution in [0.4, 0.5) is 0 Å². The number of primary amides is 1. The van der Waals surface area contributed by atoms with Crippen LogP contribution in [0.2, 0.25) is 0 Å². The molecule has 78 valence electrons. The third-order valence-corrected chi connectivity index (χ3v) is 2.39. The smallest absolute Gasteiger partial charge is 0.249 e. The lowest BCUT2D eigenvalue weighted by Gasteiger charge is -2.11. The number of benzene rings is 1. The van der Waals surface area contributed by atoms with E-state index >= 15 is 0 Å². The van der Waals surface area contributed by atoms with Gasteiger partial charge in [0.25, 0.3) is 0 Å². The van der Waals surface area contributed by atoms with Gasteiger partial charge in [0, 0.05) is 17.5 Å². The molecule has 1 heterocycles. The average Bonchev–Trinajstić information content (AvgIpc) is 2.65. The molecule has 1 aromatic rings. The van der Waals surface area contributed by atoms with Crippen LogP contribution < -0.4 is 5.73 Å². The van der Waals surface area contributed by atoms with E-state index in [4.69, 9.17) is 10.6 Å². The van der Waals surface area contributed by atoms with Crippen LogP contribution in [0.3, 0.4) is 0 Å². The number of carbonyl (C=O) groups excluding carboxylic acids is 1. The van der Waals surface area contributed by atoms with Gasteiger partial charge in [0.15, 0.2) is 6.10 Å². The largest absolute Gasteiger partial charge is 0.387 e. The zero-order valence-electron chi connectivity index (χ0n) is 8.43. The van der Waals surface area contributed by atoms with Crippen LogP contribution in [0, 0.1) is 0 Å². The van der Waals surface area contributed by atoms with Crippen LogP contribution in [0.15, 0.2) is 29.4 Å². The van der Waals surface area contributed by atoms with Crippen molar-refractivity contribution in [1.29, 1.82) is 0 Å². The van der Waals surface area contributed by atoms with Crippen molar-refractivity contribution < 1.29 is 9.63 Å². The van der Waals surface area contributed by atoms with E-state index in [1.807, 2.05) is 19.1 Å². The summed E-state index contributed by atoms with van der Waals surface area (Å²) in [6.45, 7) is 1.90. The minimum atomic E-state index is -0.432. The van der Waals surface area contributed by atoms with Crippen LogP contribution in [0.5, 0.6) is 0 Å². The number of amides is 1. The second-order valence-electron chi connectivity index (χ2n) is 3.58. The van der Waals surface area contributed by atoms with Crippen LogP contribution in [-0.2, 0) is 4.84 Å². The molecule has 1 atom stereocenters. The standard InChI is InChI=1S/C11H12N2O2/c1-7-6-10(15-13-7)8-4-2-3-5-9(8)11(12)14/h2-5,10H,6H2,1H3,(H2,12,14). The second kappa shape index (κ2) is 3.73. The molecule has 0 saturated heterocycles. The summed E-state index contributed by atoms with van der Waals surface area (Å²) >= 11 is 0. The third-order valence-electron chi connectivity index (χ3n) is 2.39. The van der Waals surface area contributed by atoms with Crippen LogP contribution in [-0.4, -0.2) is 11.6 Å². The van der Waals surface area contributed by atoms with E-state index in [-0.39, 0.29) is 6.10 Å². The van der Waals surface area contributed by atoms with E-state index < -0.39 is 5.91 Å². The number of hydrogen-bond acceptors (Lipinski definition) is 3. The van der Waals surface area contributed by atoms with Crippen LogP contribution in [0.1, 0.15) is 35.4 Å². The minimum absolute atomic E-state index is 0.173. The Kier molecular flexibility index (Phi) is 2.41. The molecule has 2 N–H and O–H groups in total. The van der Waals surface area contributed by atoms with E-state index in [1.54, 1.807) is 12.1 Å². The highest BCUT2D eigenvalue weighted by molar-refractivity contribution is 5.94. The summed E-state index contributed by atoms with van der Waals surface area (Å²) in [5.74, 6) is -0.432. The lowest BCUT2D eigenvalue weighted by Crippen LogP contribution is -2.15. The molecule has 0 aliphatic carbocycles. The highest BCUT2D eigenvalue weighted by Crippen LogP contribution is 2.29. The monoisotopic (exact) mass is 204 g/mol. The molecule has 4 heteroatoms. The lowest BCUT2D eigenvalue weighted by molar-refractivity contribution is 0.0830. The molecule has 0 saturated carbocycles. The lowest BCUT2D eigenvalue weighted by atomic mass is 9.99. The Bertz CT molecular complexity index is 426. The quantitative estimate of drug-likeness (QED) is 0.795. The van der Waals surface area contributed by atoms with Crippen LogP contribution >= 0.6 is 0 Å². The molecule has 1 aliphatic heterocycles. The Morgan fingerprint density at radius 1 is 1.53 bits per heavy atom. The van der Waals surface area contributed by atoms with Gasteiger partial charge in [-0.05, 0) is 13.0 Å². The fraction of sp³-hybridized carbons (Fsp3) is 0.273. The van der Waals surface area contributed by atoms with Gasteiger partial charge in [0.05, 0.1) is 5.71 Å². The van der Waals surface area contributed by atoms with Crippen molar-refractivity contribution in [3.05, 3.63) is 35.4 Å². The molecule has 0 aromatic heterocycles. The Hall–Kier alpha value is -1.84. The zero-order valence-corrected chi connectivity index (χ0v) is 8.43. The molecule has 0 radical (unpaired) electrons. The van der Waals surface area contributed by atoms with Crippen molar-refractivity contribution in [3.63, 3.8) is 0 Å². The Labute approximate surface area is 87.7 Å². The predicted molar refractivity (Wildman–Crippen MR) is 56.5 cm³/mol. The van der Waals surface area contributed by atoms with Gasteiger partial charge in [-0.3, -0.25) is 4.79 Å². The van der Waals surface area contributed by atoms with Gasteiger partial charge in [-0.1, -0.05) is 23.4 Å². The summed E-state index contributed by atoms with van der Waals surface area (Å²) in [5, 5.41) is 3.86. The van der Waals surface area contributed by atoms with Crippen molar-refractivity contribution in [3.8, 4) is 0 Å². The fourth-order valence-corrected chi connectivity index (χ4v) is 1.67. The molecule has 2 rings (SSSR count). The highest BCUT2D eigenvalue weighted by atomic mass is 16.6. The Morgan fingerprint density at radius 3 is 2.87 bits per heavy atom. The van der Waals surface area contributed by atoms with Crippen molar-refractivity contribution in [2.45, 2.75) is 19.4 Å². The van der Waals surface area contributed by atoms with Crippen molar-refractivity contribution >= 4 is 11.6 Å². The number of carbonyl (C=O) groups is 1. The van der Waals surface area contributed by atoms with Gasteiger partial charge in [-0.2, -0.15) is 0 Å². The van der Waals surface area contributed by atoms with Gasteiger partial charge in [0.2, 0.25) is 5.91 Å². The molecule has 1 unspecified atom stereocenters. The fourth-order valence-electron chi connectivity index (χ4n) is 1.67. The summed E-state index contributed by atoms with van der Waals surface area (Å²) in [6.07, 6.45) is 0.540. The predicted octanol–water partition coefficient (Wildman–Crippen LogP) is 1.62. The van der Waals surface area contributed by atoms with E-state index in [0.717, 1.165) is 11.3 Å². The zero-order chi connectivity index (χ0) is 10.8. The summed E-state index contributed by atoms with van der Waals surface area (Å²) in [5.41, 5.74) is 7.53. The highest BCUT2D eigenvalue weighted by Gasteiger charge is 2.23. The van der Waals surface area contributed by atoms with E-state index in [9.17, 15) is 4.79 Å². The number of nitrogens with zero attached hydrogens (tertiary/aromatic N) is 1. The number of oxime groups is 1.